The third-order valence-corrected chi connectivity index (χ3v) is 4.67. The Balaban J connectivity index is 0.00000243. The van der Waals surface area contributed by atoms with Gasteiger partial charge in [-0.1, -0.05) is 18.2 Å². The van der Waals surface area contributed by atoms with Crippen LogP contribution < -0.4 is 15.8 Å². The van der Waals surface area contributed by atoms with E-state index in [4.69, 9.17) is 5.73 Å². The number of nitrogens with one attached hydrogen (secondary N) is 2. The minimum atomic E-state index is -3.26. The predicted molar refractivity (Wildman–Crippen MR) is 118 cm³/mol. The minimum Gasteiger partial charge on any atom is -0.370 e. The molecule has 4 N–H and O–H groups in total. The van der Waals surface area contributed by atoms with Crippen LogP contribution >= 0.6 is 24.0 Å². The van der Waals surface area contributed by atoms with Crippen LogP contribution in [0.1, 0.15) is 23.1 Å². The van der Waals surface area contributed by atoms with Gasteiger partial charge in [0, 0.05) is 11.4 Å². The van der Waals surface area contributed by atoms with Crippen LogP contribution in [0.4, 0.5) is 11.4 Å². The van der Waals surface area contributed by atoms with Gasteiger partial charge in [-0.25, -0.2) is 13.4 Å². The lowest BCUT2D eigenvalue weighted by Gasteiger charge is -2.08. The van der Waals surface area contributed by atoms with Crippen molar-refractivity contribution in [2.45, 2.75) is 25.8 Å². The fraction of sp³-hybridized carbons (Fsp3) is 0.278. The molecule has 0 amide bonds. The molecule has 0 aliphatic heterocycles. The van der Waals surface area contributed by atoms with Crippen LogP contribution in [0.25, 0.3) is 0 Å². The van der Waals surface area contributed by atoms with Crippen LogP contribution in [0.3, 0.4) is 0 Å². The molecule has 26 heavy (non-hydrogen) atoms. The fourth-order valence-electron chi connectivity index (χ4n) is 2.91. The highest BCUT2D eigenvalue weighted by Gasteiger charge is 2.10. The fourth-order valence-corrected chi connectivity index (χ4v) is 3.47. The van der Waals surface area contributed by atoms with Crippen LogP contribution in [0.15, 0.2) is 47.5 Å². The van der Waals surface area contributed by atoms with Crippen LogP contribution in [0, 0.1) is 0 Å². The van der Waals surface area contributed by atoms with Gasteiger partial charge in [-0.05, 0) is 60.2 Å². The third-order valence-electron chi connectivity index (χ3n) is 4.06. The minimum absolute atomic E-state index is 0. The summed E-state index contributed by atoms with van der Waals surface area (Å²) in [6.07, 6.45) is 4.61. The molecule has 1 aliphatic rings. The second-order valence-electron chi connectivity index (χ2n) is 6.23. The highest BCUT2D eigenvalue weighted by atomic mass is 127. The summed E-state index contributed by atoms with van der Waals surface area (Å²) in [7, 11) is -3.26. The Hall–Kier alpha value is -1.81. The van der Waals surface area contributed by atoms with Crippen molar-refractivity contribution in [3.8, 4) is 0 Å². The lowest BCUT2D eigenvalue weighted by Crippen LogP contribution is -2.22. The summed E-state index contributed by atoms with van der Waals surface area (Å²) >= 11 is 0. The van der Waals surface area contributed by atoms with Crippen molar-refractivity contribution in [1.82, 2.24) is 0 Å². The van der Waals surface area contributed by atoms with E-state index in [0.717, 1.165) is 30.3 Å². The quantitative estimate of drug-likeness (QED) is 0.344. The maximum atomic E-state index is 11.2. The van der Waals surface area contributed by atoms with E-state index >= 15 is 0 Å². The Morgan fingerprint density at radius 1 is 1.08 bits per heavy atom. The zero-order valence-corrected chi connectivity index (χ0v) is 17.7. The first kappa shape index (κ1) is 20.5. The van der Waals surface area contributed by atoms with Crippen LogP contribution in [-0.4, -0.2) is 20.6 Å². The molecule has 1 aliphatic carbocycles. The van der Waals surface area contributed by atoms with E-state index in [0.29, 0.717) is 18.2 Å². The van der Waals surface area contributed by atoms with Gasteiger partial charge in [-0.3, -0.25) is 4.72 Å². The number of halogens is 1. The Bertz CT molecular complexity index is 896. The normalized spacial score (nSPS) is 13.7. The van der Waals surface area contributed by atoms with E-state index < -0.39 is 10.0 Å². The number of aryl methyl sites for hydroxylation is 2. The maximum Gasteiger partial charge on any atom is 0.229 e. The lowest BCUT2D eigenvalue weighted by molar-refractivity contribution is 0.607. The van der Waals surface area contributed by atoms with Gasteiger partial charge in [0.1, 0.15) is 0 Å². The molecule has 0 fully saturated rings. The smallest absolute Gasteiger partial charge is 0.229 e. The molecule has 0 bridgehead atoms. The number of sulfonamides is 1. The number of nitrogens with two attached hydrogens (primary N) is 1. The predicted octanol–water partition coefficient (Wildman–Crippen LogP) is 3.09. The first-order chi connectivity index (χ1) is 11.9. The van der Waals surface area contributed by atoms with Crippen LogP contribution in [0.2, 0.25) is 0 Å². The number of aliphatic imine (C=N–C) groups is 1. The number of benzene rings is 2. The molecule has 6 nitrogen and oxygen atoms in total. The van der Waals surface area contributed by atoms with E-state index in [9.17, 15) is 8.42 Å². The summed E-state index contributed by atoms with van der Waals surface area (Å²) in [5.41, 5.74) is 11.2. The van der Waals surface area contributed by atoms with Crippen molar-refractivity contribution in [3.05, 3.63) is 59.2 Å². The second-order valence-corrected chi connectivity index (χ2v) is 7.98. The van der Waals surface area contributed by atoms with Gasteiger partial charge in [0.25, 0.3) is 0 Å². The molecule has 140 valence electrons. The summed E-state index contributed by atoms with van der Waals surface area (Å²) in [6.45, 7) is 0.420. The van der Waals surface area contributed by atoms with Crippen molar-refractivity contribution in [1.29, 1.82) is 0 Å². The molecule has 0 spiro atoms. The molecule has 0 saturated carbocycles. The Kier molecular flexibility index (Phi) is 6.87. The summed E-state index contributed by atoms with van der Waals surface area (Å²) in [5, 5.41) is 3.12. The van der Waals surface area contributed by atoms with Crippen molar-refractivity contribution >= 4 is 51.3 Å². The van der Waals surface area contributed by atoms with Gasteiger partial charge in [0.15, 0.2) is 5.96 Å². The number of fused-ring (bicyclic) bond motifs is 1. The van der Waals surface area contributed by atoms with E-state index in [1.165, 1.54) is 17.5 Å². The zero-order chi connectivity index (χ0) is 17.9. The molecular weight excluding hydrogens is 463 g/mol. The topological polar surface area (TPSA) is 96.6 Å². The first-order valence-corrected chi connectivity index (χ1v) is 10.0. The van der Waals surface area contributed by atoms with Gasteiger partial charge in [0.05, 0.1) is 12.8 Å². The van der Waals surface area contributed by atoms with E-state index in [1.807, 2.05) is 18.2 Å². The summed E-state index contributed by atoms with van der Waals surface area (Å²) in [4.78, 5) is 4.33. The molecule has 2 aromatic carbocycles. The number of guanidine groups is 1. The molecular formula is C18H23IN4O2S. The van der Waals surface area contributed by atoms with Crippen molar-refractivity contribution in [2.24, 2.45) is 10.7 Å². The molecule has 0 unspecified atom stereocenters. The summed E-state index contributed by atoms with van der Waals surface area (Å²) < 4.78 is 24.8. The lowest BCUT2D eigenvalue weighted by atomic mass is 10.1. The van der Waals surface area contributed by atoms with Crippen molar-refractivity contribution < 1.29 is 8.42 Å². The molecule has 0 radical (unpaired) electrons. The second kappa shape index (κ2) is 8.72. The average molecular weight is 486 g/mol. The summed E-state index contributed by atoms with van der Waals surface area (Å²) in [6, 6.07) is 13.4. The number of hydrogen-bond acceptors (Lipinski definition) is 3. The average Bonchev–Trinajstić information content (AvgIpc) is 3.00. The van der Waals surface area contributed by atoms with E-state index in [-0.39, 0.29) is 24.0 Å². The van der Waals surface area contributed by atoms with Gasteiger partial charge in [0.2, 0.25) is 10.0 Å². The Labute approximate surface area is 171 Å². The van der Waals surface area contributed by atoms with Crippen LogP contribution in [-0.2, 0) is 29.4 Å². The number of hydrogen-bond donors (Lipinski definition) is 3. The zero-order valence-electron chi connectivity index (χ0n) is 14.5. The largest absolute Gasteiger partial charge is 0.370 e. The molecule has 0 heterocycles. The van der Waals surface area contributed by atoms with Crippen molar-refractivity contribution in [2.75, 3.05) is 16.3 Å². The van der Waals surface area contributed by atoms with Crippen molar-refractivity contribution in [3.63, 3.8) is 0 Å². The molecule has 0 saturated heterocycles. The molecule has 3 rings (SSSR count). The number of rotatable bonds is 5. The Morgan fingerprint density at radius 2 is 1.73 bits per heavy atom. The molecule has 2 aromatic rings. The van der Waals surface area contributed by atoms with E-state index in [2.05, 4.69) is 27.2 Å². The molecule has 0 aromatic heterocycles. The Morgan fingerprint density at radius 3 is 2.42 bits per heavy atom. The van der Waals surface area contributed by atoms with E-state index in [1.54, 1.807) is 12.1 Å². The van der Waals surface area contributed by atoms with Gasteiger partial charge >= 0.3 is 0 Å². The van der Waals surface area contributed by atoms with Gasteiger partial charge < -0.3 is 11.1 Å². The highest BCUT2D eigenvalue weighted by Crippen LogP contribution is 2.24. The first-order valence-electron chi connectivity index (χ1n) is 8.14. The van der Waals surface area contributed by atoms with Gasteiger partial charge in [-0.15, -0.1) is 24.0 Å². The standard InChI is InChI=1S/C18H22N4O2S.HI/c1-25(23,24)22-16-8-5-13(6-9-16)12-20-18(19)21-17-10-7-14-3-2-4-15(14)11-17;/h5-11,22H,2-4,12H2,1H3,(H3,19,20,21);1H. The monoisotopic (exact) mass is 486 g/mol. The summed E-state index contributed by atoms with van der Waals surface area (Å²) in [5.74, 6) is 0.358. The highest BCUT2D eigenvalue weighted by molar-refractivity contribution is 14.0. The maximum absolute atomic E-state index is 11.2. The molecule has 0 atom stereocenters. The van der Waals surface area contributed by atoms with Gasteiger partial charge in [-0.2, -0.15) is 0 Å². The molecule has 8 heteroatoms. The number of nitrogens with zero attached hydrogens (tertiary/aromatic N) is 1. The van der Waals surface area contributed by atoms with Crippen LogP contribution in [0.5, 0.6) is 0 Å². The SMILES string of the molecule is CS(=O)(=O)Nc1ccc(CN=C(N)Nc2ccc3c(c2)CCC3)cc1.I. The third kappa shape index (κ3) is 5.87. The number of anilines is 2.